The number of benzene rings is 1. The topological polar surface area (TPSA) is 65.4 Å². The molecule has 0 spiro atoms. The fourth-order valence-electron chi connectivity index (χ4n) is 1.83. The zero-order valence-corrected chi connectivity index (χ0v) is 9.97. The minimum atomic E-state index is -0.749. The van der Waals surface area contributed by atoms with Crippen molar-refractivity contribution in [2.45, 2.75) is 6.92 Å². The number of methoxy groups -OCH3 is 1. The van der Waals surface area contributed by atoms with Gasteiger partial charge in [-0.2, -0.15) is 0 Å². The number of ether oxygens (including phenoxy) is 1. The van der Waals surface area contributed by atoms with E-state index in [1.807, 2.05) is 0 Å². The molecule has 0 saturated carbocycles. The van der Waals surface area contributed by atoms with Gasteiger partial charge >= 0.3 is 5.97 Å². The van der Waals surface area contributed by atoms with E-state index in [9.17, 15) is 14.4 Å². The van der Waals surface area contributed by atoms with Crippen LogP contribution in [0.5, 0.6) is 0 Å². The average Bonchev–Trinajstić information content (AvgIpc) is 2.36. The smallest absolute Gasteiger partial charge is 0.343 e. The number of fused-ring (bicyclic) bond motifs is 1. The molecule has 18 heavy (non-hydrogen) atoms. The minimum Gasteiger partial charge on any atom is -0.465 e. The molecule has 1 heterocycles. The van der Waals surface area contributed by atoms with Gasteiger partial charge in [0.05, 0.1) is 12.6 Å². The third-order valence-corrected chi connectivity index (χ3v) is 2.63. The number of aromatic nitrogens is 1. The quantitative estimate of drug-likeness (QED) is 0.713. The Hall–Kier alpha value is -2.43. The monoisotopic (exact) mass is 245 g/mol. The van der Waals surface area contributed by atoms with E-state index in [1.165, 1.54) is 20.1 Å². The Labute approximate surface area is 103 Å². The molecule has 1 aromatic heterocycles. The molecule has 92 valence electrons. The Kier molecular flexibility index (Phi) is 2.97. The predicted molar refractivity (Wildman–Crippen MR) is 65.8 cm³/mol. The third-order valence-electron chi connectivity index (χ3n) is 2.63. The van der Waals surface area contributed by atoms with E-state index in [0.717, 1.165) is 4.57 Å². The number of rotatable bonds is 1. The van der Waals surface area contributed by atoms with Crippen molar-refractivity contribution in [1.29, 1.82) is 0 Å². The van der Waals surface area contributed by atoms with Crippen LogP contribution in [0.2, 0.25) is 0 Å². The summed E-state index contributed by atoms with van der Waals surface area (Å²) in [6.45, 7) is 1.27. The van der Waals surface area contributed by atoms with Crippen molar-refractivity contribution in [1.82, 2.24) is 4.57 Å². The number of carbonyl (C=O) groups excluding carboxylic acids is 2. The van der Waals surface area contributed by atoms with Crippen molar-refractivity contribution in [3.8, 4) is 0 Å². The number of hydrogen-bond donors (Lipinski definition) is 0. The second-order valence-electron chi connectivity index (χ2n) is 3.77. The molecule has 0 amide bonds. The molecule has 0 atom stereocenters. The predicted octanol–water partition coefficient (Wildman–Crippen LogP) is 1.45. The van der Waals surface area contributed by atoms with Crippen molar-refractivity contribution in [3.63, 3.8) is 0 Å². The van der Waals surface area contributed by atoms with Crippen LogP contribution < -0.4 is 5.56 Å². The van der Waals surface area contributed by atoms with Crippen LogP contribution in [-0.4, -0.2) is 23.6 Å². The zero-order chi connectivity index (χ0) is 13.3. The van der Waals surface area contributed by atoms with Crippen LogP contribution in [-0.2, 0) is 4.74 Å². The van der Waals surface area contributed by atoms with Gasteiger partial charge in [0.15, 0.2) is 0 Å². The highest BCUT2D eigenvalue weighted by Crippen LogP contribution is 2.13. The Morgan fingerprint density at radius 1 is 1.22 bits per heavy atom. The molecule has 5 heteroatoms. The van der Waals surface area contributed by atoms with Crippen molar-refractivity contribution in [2.24, 2.45) is 0 Å². The molecule has 0 unspecified atom stereocenters. The summed E-state index contributed by atoms with van der Waals surface area (Å²) in [6.07, 6.45) is 0. The van der Waals surface area contributed by atoms with Gasteiger partial charge in [-0.15, -0.1) is 0 Å². The van der Waals surface area contributed by atoms with Gasteiger partial charge in [-0.1, -0.05) is 18.2 Å². The molecule has 2 aromatic rings. The van der Waals surface area contributed by atoms with E-state index in [2.05, 4.69) is 4.74 Å². The molecular weight excluding hydrogens is 234 g/mol. The standard InChI is InChI=1S/C13H11NO4/c1-8(15)14-11-6-4-3-5-9(11)7-10(12(14)16)13(17)18-2/h3-7H,1-2H3. The second kappa shape index (κ2) is 4.44. The molecule has 0 saturated heterocycles. The van der Waals surface area contributed by atoms with E-state index < -0.39 is 17.4 Å². The number of pyridine rings is 1. The van der Waals surface area contributed by atoms with Gasteiger partial charge in [0.2, 0.25) is 5.91 Å². The van der Waals surface area contributed by atoms with Crippen molar-refractivity contribution < 1.29 is 14.3 Å². The fraction of sp³-hybridized carbons (Fsp3) is 0.154. The molecule has 0 bridgehead atoms. The molecule has 0 aliphatic rings. The first-order chi connectivity index (χ1) is 8.56. The maximum Gasteiger partial charge on any atom is 0.343 e. The lowest BCUT2D eigenvalue weighted by Gasteiger charge is -2.08. The molecule has 0 radical (unpaired) electrons. The minimum absolute atomic E-state index is 0.147. The average molecular weight is 245 g/mol. The highest BCUT2D eigenvalue weighted by Gasteiger charge is 2.17. The first-order valence-corrected chi connectivity index (χ1v) is 5.30. The Morgan fingerprint density at radius 3 is 2.50 bits per heavy atom. The first kappa shape index (κ1) is 12.0. The third kappa shape index (κ3) is 1.79. The van der Waals surface area contributed by atoms with Crippen LogP contribution >= 0.6 is 0 Å². The molecule has 0 fully saturated rings. The summed E-state index contributed by atoms with van der Waals surface area (Å²) in [7, 11) is 1.19. The lowest BCUT2D eigenvalue weighted by molar-refractivity contribution is 0.0598. The lowest BCUT2D eigenvalue weighted by atomic mass is 10.1. The van der Waals surface area contributed by atoms with Crippen molar-refractivity contribution in [2.75, 3.05) is 7.11 Å². The van der Waals surface area contributed by atoms with Crippen molar-refractivity contribution in [3.05, 3.63) is 46.2 Å². The number of hydrogen-bond acceptors (Lipinski definition) is 4. The SMILES string of the molecule is COC(=O)c1cc2ccccc2n(C(C)=O)c1=O. The van der Waals surface area contributed by atoms with Crippen LogP contribution in [0.25, 0.3) is 10.9 Å². The number of carbonyl (C=O) groups is 2. The molecule has 2 rings (SSSR count). The molecule has 5 nitrogen and oxygen atoms in total. The molecular formula is C13H11NO4. The second-order valence-corrected chi connectivity index (χ2v) is 3.77. The molecule has 0 N–H and O–H groups in total. The summed E-state index contributed by atoms with van der Waals surface area (Å²) in [4.78, 5) is 35.1. The first-order valence-electron chi connectivity index (χ1n) is 5.30. The number of para-hydroxylation sites is 1. The summed E-state index contributed by atoms with van der Waals surface area (Å²) < 4.78 is 5.51. The largest absolute Gasteiger partial charge is 0.465 e. The van der Waals surface area contributed by atoms with E-state index in [4.69, 9.17) is 0 Å². The maximum atomic E-state index is 12.1. The van der Waals surface area contributed by atoms with E-state index in [-0.39, 0.29) is 5.56 Å². The van der Waals surface area contributed by atoms with E-state index >= 15 is 0 Å². The zero-order valence-electron chi connectivity index (χ0n) is 9.97. The summed E-state index contributed by atoms with van der Waals surface area (Å²) in [5.41, 5.74) is -0.331. The fourth-order valence-corrected chi connectivity index (χ4v) is 1.83. The van der Waals surface area contributed by atoms with Crippen LogP contribution in [0.15, 0.2) is 35.1 Å². The van der Waals surface area contributed by atoms with Crippen LogP contribution in [0.1, 0.15) is 22.1 Å². The summed E-state index contributed by atoms with van der Waals surface area (Å²) in [5, 5.41) is 0.632. The maximum absolute atomic E-state index is 12.1. The Morgan fingerprint density at radius 2 is 1.89 bits per heavy atom. The van der Waals surface area contributed by atoms with E-state index in [1.54, 1.807) is 24.3 Å². The number of nitrogens with zero attached hydrogens (tertiary/aromatic N) is 1. The van der Waals surface area contributed by atoms with Crippen molar-refractivity contribution >= 4 is 22.8 Å². The highest BCUT2D eigenvalue weighted by atomic mass is 16.5. The number of esters is 1. The van der Waals surface area contributed by atoms with Crippen LogP contribution in [0.4, 0.5) is 0 Å². The molecule has 1 aromatic carbocycles. The normalized spacial score (nSPS) is 10.3. The van der Waals surface area contributed by atoms with Gasteiger partial charge in [0, 0.05) is 6.92 Å². The van der Waals surface area contributed by atoms with E-state index in [0.29, 0.717) is 10.9 Å². The highest BCUT2D eigenvalue weighted by molar-refractivity contribution is 5.97. The van der Waals surface area contributed by atoms with Gasteiger partial charge < -0.3 is 4.74 Å². The Bertz CT molecular complexity index is 700. The van der Waals surface area contributed by atoms with Gasteiger partial charge in [-0.3, -0.25) is 9.59 Å². The molecule has 0 aliphatic carbocycles. The van der Waals surface area contributed by atoms with Crippen LogP contribution in [0, 0.1) is 0 Å². The van der Waals surface area contributed by atoms with Gasteiger partial charge in [-0.25, -0.2) is 9.36 Å². The van der Waals surface area contributed by atoms with Gasteiger partial charge in [-0.05, 0) is 17.5 Å². The summed E-state index contributed by atoms with van der Waals surface area (Å²) in [5.74, 6) is -1.19. The summed E-state index contributed by atoms with van der Waals surface area (Å²) >= 11 is 0. The van der Waals surface area contributed by atoms with Crippen LogP contribution in [0.3, 0.4) is 0 Å². The molecule has 0 aliphatic heterocycles. The summed E-state index contributed by atoms with van der Waals surface area (Å²) in [6, 6.07) is 8.29. The van der Waals surface area contributed by atoms with Gasteiger partial charge in [0.1, 0.15) is 5.56 Å². The Balaban J connectivity index is 2.93. The van der Waals surface area contributed by atoms with Gasteiger partial charge in [0.25, 0.3) is 5.56 Å². The lowest BCUT2D eigenvalue weighted by Crippen LogP contribution is -2.30.